The highest BCUT2D eigenvalue weighted by Gasteiger charge is 2.14. The van der Waals surface area contributed by atoms with Gasteiger partial charge in [0.15, 0.2) is 0 Å². The van der Waals surface area contributed by atoms with Crippen molar-refractivity contribution in [3.63, 3.8) is 0 Å². The van der Waals surface area contributed by atoms with Crippen molar-refractivity contribution in [2.45, 2.75) is 32.9 Å². The summed E-state index contributed by atoms with van der Waals surface area (Å²) >= 11 is 1.33. The predicted octanol–water partition coefficient (Wildman–Crippen LogP) is 2.55. The Bertz CT molecular complexity index is 679. The molecular weight excluding hydrogens is 324 g/mol. The molecule has 6 heteroatoms. The maximum absolute atomic E-state index is 11.1. The van der Waals surface area contributed by atoms with Gasteiger partial charge in [-0.1, -0.05) is 18.2 Å². The summed E-state index contributed by atoms with van der Waals surface area (Å²) in [7, 11) is 0. The largest absolute Gasteiger partial charge is 0.491 e. The zero-order valence-electron chi connectivity index (χ0n) is 14.2. The molecule has 0 aliphatic rings. The fourth-order valence-corrected chi connectivity index (χ4v) is 3.25. The average molecular weight is 348 g/mol. The van der Waals surface area contributed by atoms with Gasteiger partial charge in [-0.2, -0.15) is 0 Å². The van der Waals surface area contributed by atoms with Crippen molar-refractivity contribution >= 4 is 17.2 Å². The standard InChI is InChI=1S/C18H24N2O3S/c1-11-5-4-6-12(2)17(11)23-9-13(3)20-8-15(21)16-7-14(10-24-16)18(19)22/h4-7,10,13,15,20-21H,8-9H2,1-3H3,(H2,19,22). The first-order chi connectivity index (χ1) is 11.4. The Kier molecular flexibility index (Phi) is 6.36. The number of para-hydroxylation sites is 1. The molecular formula is C18H24N2O3S. The molecule has 1 amide bonds. The molecule has 2 atom stereocenters. The smallest absolute Gasteiger partial charge is 0.249 e. The van der Waals surface area contributed by atoms with Crippen LogP contribution in [-0.2, 0) is 0 Å². The number of ether oxygens (including phenoxy) is 1. The SMILES string of the molecule is Cc1cccc(C)c1OCC(C)NCC(O)c1cc(C(N)=O)cs1. The second-order valence-electron chi connectivity index (χ2n) is 5.96. The molecule has 2 aromatic rings. The molecule has 0 bridgehead atoms. The van der Waals surface area contributed by atoms with E-state index in [-0.39, 0.29) is 6.04 Å². The number of rotatable bonds is 8. The second kappa shape index (κ2) is 8.28. The number of hydrogen-bond acceptors (Lipinski definition) is 5. The number of primary amides is 1. The third-order valence-corrected chi connectivity index (χ3v) is 4.81. The number of benzene rings is 1. The summed E-state index contributed by atoms with van der Waals surface area (Å²) in [6.07, 6.45) is -0.675. The van der Waals surface area contributed by atoms with E-state index in [9.17, 15) is 9.90 Å². The first kappa shape index (κ1) is 18.4. The maximum atomic E-state index is 11.1. The molecule has 1 aromatic carbocycles. The lowest BCUT2D eigenvalue weighted by molar-refractivity contribution is 0.100. The van der Waals surface area contributed by atoms with Crippen LogP contribution in [0.2, 0.25) is 0 Å². The van der Waals surface area contributed by atoms with Gasteiger partial charge in [0.1, 0.15) is 18.5 Å². The van der Waals surface area contributed by atoms with E-state index in [1.165, 1.54) is 11.3 Å². The fraction of sp³-hybridized carbons (Fsp3) is 0.389. The number of aliphatic hydroxyl groups excluding tert-OH is 1. The van der Waals surface area contributed by atoms with Gasteiger partial charge in [-0.15, -0.1) is 11.3 Å². The van der Waals surface area contributed by atoms with Crippen molar-refractivity contribution < 1.29 is 14.6 Å². The van der Waals surface area contributed by atoms with Crippen molar-refractivity contribution in [2.24, 2.45) is 5.73 Å². The normalized spacial score (nSPS) is 13.5. The summed E-state index contributed by atoms with van der Waals surface area (Å²) in [4.78, 5) is 11.8. The minimum Gasteiger partial charge on any atom is -0.491 e. The molecule has 2 rings (SSSR count). The van der Waals surface area contributed by atoms with Crippen molar-refractivity contribution in [3.05, 3.63) is 51.2 Å². The Labute approximate surface area is 146 Å². The highest BCUT2D eigenvalue weighted by Crippen LogP contribution is 2.23. The summed E-state index contributed by atoms with van der Waals surface area (Å²) in [5.41, 5.74) is 7.88. The lowest BCUT2D eigenvalue weighted by Crippen LogP contribution is -2.34. The van der Waals surface area contributed by atoms with E-state index in [1.807, 2.05) is 39.0 Å². The van der Waals surface area contributed by atoms with Gasteiger partial charge in [-0.25, -0.2) is 0 Å². The molecule has 1 heterocycles. The molecule has 4 N–H and O–H groups in total. The van der Waals surface area contributed by atoms with Crippen LogP contribution in [0.5, 0.6) is 5.75 Å². The third-order valence-electron chi connectivity index (χ3n) is 3.78. The van der Waals surface area contributed by atoms with E-state index in [4.69, 9.17) is 10.5 Å². The van der Waals surface area contributed by atoms with E-state index < -0.39 is 12.0 Å². The highest BCUT2D eigenvalue weighted by atomic mass is 32.1. The van der Waals surface area contributed by atoms with Crippen molar-refractivity contribution in [3.8, 4) is 5.75 Å². The molecule has 0 spiro atoms. The summed E-state index contributed by atoms with van der Waals surface area (Å²) in [6, 6.07) is 7.78. The monoisotopic (exact) mass is 348 g/mol. The number of carbonyl (C=O) groups excluding carboxylic acids is 1. The fourth-order valence-electron chi connectivity index (χ4n) is 2.36. The molecule has 1 aromatic heterocycles. The predicted molar refractivity (Wildman–Crippen MR) is 96.7 cm³/mol. The number of nitrogens with one attached hydrogen (secondary N) is 1. The summed E-state index contributed by atoms with van der Waals surface area (Å²) in [6.45, 7) is 6.95. The van der Waals surface area contributed by atoms with Gasteiger partial charge in [0, 0.05) is 22.8 Å². The van der Waals surface area contributed by atoms with Crippen LogP contribution in [0.3, 0.4) is 0 Å². The van der Waals surface area contributed by atoms with Gasteiger partial charge < -0.3 is 20.9 Å². The number of nitrogens with two attached hydrogens (primary N) is 1. The van der Waals surface area contributed by atoms with E-state index in [2.05, 4.69) is 5.32 Å². The summed E-state index contributed by atoms with van der Waals surface area (Å²) < 4.78 is 5.90. The van der Waals surface area contributed by atoms with Gasteiger partial charge in [0.25, 0.3) is 0 Å². The molecule has 130 valence electrons. The number of carbonyl (C=O) groups is 1. The zero-order valence-corrected chi connectivity index (χ0v) is 15.0. The van der Waals surface area contributed by atoms with Gasteiger partial charge in [-0.3, -0.25) is 4.79 Å². The van der Waals surface area contributed by atoms with Crippen LogP contribution < -0.4 is 15.8 Å². The van der Waals surface area contributed by atoms with E-state index >= 15 is 0 Å². The molecule has 5 nitrogen and oxygen atoms in total. The average Bonchev–Trinajstić information content (AvgIpc) is 3.02. The number of aliphatic hydroxyl groups is 1. The molecule has 0 saturated heterocycles. The molecule has 0 aliphatic heterocycles. The first-order valence-corrected chi connectivity index (χ1v) is 8.75. The van der Waals surface area contributed by atoms with E-state index in [0.717, 1.165) is 21.8 Å². The van der Waals surface area contributed by atoms with Gasteiger partial charge in [0.2, 0.25) is 5.91 Å². The van der Waals surface area contributed by atoms with Gasteiger partial charge in [-0.05, 0) is 38.0 Å². The molecule has 0 saturated carbocycles. The van der Waals surface area contributed by atoms with Crippen LogP contribution in [-0.4, -0.2) is 30.2 Å². The topological polar surface area (TPSA) is 84.6 Å². The van der Waals surface area contributed by atoms with E-state index in [0.29, 0.717) is 18.7 Å². The Hall–Kier alpha value is -1.89. The first-order valence-electron chi connectivity index (χ1n) is 7.87. The highest BCUT2D eigenvalue weighted by molar-refractivity contribution is 7.10. The third kappa shape index (κ3) is 4.80. The lowest BCUT2D eigenvalue weighted by atomic mass is 10.1. The number of aryl methyl sites for hydroxylation is 2. The Morgan fingerprint density at radius 3 is 2.62 bits per heavy atom. The van der Waals surface area contributed by atoms with Crippen molar-refractivity contribution in [1.82, 2.24) is 5.32 Å². The molecule has 0 aliphatic carbocycles. The van der Waals surface area contributed by atoms with Crippen LogP contribution in [0.25, 0.3) is 0 Å². The summed E-state index contributed by atoms with van der Waals surface area (Å²) in [5.74, 6) is 0.434. The van der Waals surface area contributed by atoms with Gasteiger partial charge in [0.05, 0.1) is 5.56 Å². The Balaban J connectivity index is 1.82. The number of amides is 1. The number of thiophene rings is 1. The lowest BCUT2D eigenvalue weighted by Gasteiger charge is -2.19. The van der Waals surface area contributed by atoms with Crippen molar-refractivity contribution in [2.75, 3.05) is 13.2 Å². The van der Waals surface area contributed by atoms with Crippen LogP contribution in [0.1, 0.15) is 39.4 Å². The molecule has 24 heavy (non-hydrogen) atoms. The molecule has 0 radical (unpaired) electrons. The second-order valence-corrected chi connectivity index (χ2v) is 6.90. The summed E-state index contributed by atoms with van der Waals surface area (Å²) in [5, 5.41) is 15.1. The molecule has 2 unspecified atom stereocenters. The minimum absolute atomic E-state index is 0.0780. The van der Waals surface area contributed by atoms with Crippen LogP contribution in [0, 0.1) is 13.8 Å². The quantitative estimate of drug-likeness (QED) is 0.684. The van der Waals surface area contributed by atoms with Crippen LogP contribution in [0.15, 0.2) is 29.6 Å². The van der Waals surface area contributed by atoms with Crippen LogP contribution in [0.4, 0.5) is 0 Å². The van der Waals surface area contributed by atoms with Crippen LogP contribution >= 0.6 is 11.3 Å². The Morgan fingerprint density at radius 1 is 1.38 bits per heavy atom. The minimum atomic E-state index is -0.675. The van der Waals surface area contributed by atoms with Crippen molar-refractivity contribution in [1.29, 1.82) is 0 Å². The van der Waals surface area contributed by atoms with E-state index in [1.54, 1.807) is 11.4 Å². The number of hydrogen-bond donors (Lipinski definition) is 3. The van der Waals surface area contributed by atoms with Gasteiger partial charge >= 0.3 is 0 Å². The Morgan fingerprint density at radius 2 is 2.04 bits per heavy atom. The molecule has 0 fully saturated rings. The maximum Gasteiger partial charge on any atom is 0.249 e. The zero-order chi connectivity index (χ0) is 17.7.